The van der Waals surface area contributed by atoms with Gasteiger partial charge in [0.2, 0.25) is 0 Å². The second-order valence-electron chi connectivity index (χ2n) is 7.54. The van der Waals surface area contributed by atoms with Gasteiger partial charge in [0.1, 0.15) is 10.7 Å². The topological polar surface area (TPSA) is 79.0 Å². The summed E-state index contributed by atoms with van der Waals surface area (Å²) in [5.74, 6) is -1.23. The highest BCUT2D eigenvalue weighted by Crippen LogP contribution is 2.32. The van der Waals surface area contributed by atoms with Gasteiger partial charge in [-0.05, 0) is 49.2 Å². The first-order valence-corrected chi connectivity index (χ1v) is 10.3. The first-order valence-electron chi connectivity index (χ1n) is 9.96. The molecule has 1 saturated heterocycles. The van der Waals surface area contributed by atoms with Gasteiger partial charge in [0.25, 0.3) is 17.7 Å². The molecule has 2 aromatic rings. The Morgan fingerprint density at radius 1 is 1.03 bits per heavy atom. The van der Waals surface area contributed by atoms with E-state index >= 15 is 0 Å². The van der Waals surface area contributed by atoms with Gasteiger partial charge in [0.15, 0.2) is 0 Å². The zero-order valence-corrected chi connectivity index (χ0v) is 18.0. The molecule has 3 amide bonds. The normalized spacial score (nSPS) is 16.9. The standard InChI is InChI=1S/C23H22ClN3O4/c1-14-6-7-15(2)18(12-14)27-22(29)19(24)20(23(27)30)25-17-5-3-4-16(13-17)21(28)26-8-10-31-11-9-26/h3-7,12-13,25H,8-11H2,1-2H3. The number of aryl methyl sites for hydroxylation is 2. The van der Waals surface area contributed by atoms with E-state index in [1.54, 1.807) is 35.2 Å². The van der Waals surface area contributed by atoms with Crippen molar-refractivity contribution in [3.63, 3.8) is 0 Å². The molecule has 160 valence electrons. The highest BCUT2D eigenvalue weighted by atomic mass is 35.5. The molecule has 4 rings (SSSR count). The number of carbonyl (C=O) groups excluding carboxylic acids is 3. The molecular formula is C23H22ClN3O4. The molecule has 7 nitrogen and oxygen atoms in total. The lowest BCUT2D eigenvalue weighted by atomic mass is 10.1. The average molecular weight is 440 g/mol. The molecule has 2 aliphatic rings. The maximum Gasteiger partial charge on any atom is 0.283 e. The lowest BCUT2D eigenvalue weighted by Gasteiger charge is -2.27. The molecule has 1 N–H and O–H groups in total. The van der Waals surface area contributed by atoms with Crippen molar-refractivity contribution in [3.05, 3.63) is 69.9 Å². The Hall–Kier alpha value is -3.16. The number of nitrogens with zero attached hydrogens (tertiary/aromatic N) is 2. The third kappa shape index (κ3) is 4.06. The molecule has 0 aliphatic carbocycles. The number of nitrogens with one attached hydrogen (secondary N) is 1. The van der Waals surface area contributed by atoms with Gasteiger partial charge in [-0.2, -0.15) is 0 Å². The molecule has 0 spiro atoms. The van der Waals surface area contributed by atoms with Crippen LogP contribution in [0.15, 0.2) is 53.2 Å². The summed E-state index contributed by atoms with van der Waals surface area (Å²) in [6.45, 7) is 5.80. The minimum absolute atomic E-state index is 0.0106. The quantitative estimate of drug-likeness (QED) is 0.740. The molecule has 2 heterocycles. The van der Waals surface area contributed by atoms with E-state index in [0.717, 1.165) is 16.0 Å². The number of amides is 3. The summed E-state index contributed by atoms with van der Waals surface area (Å²) >= 11 is 6.25. The largest absolute Gasteiger partial charge is 0.378 e. The smallest absolute Gasteiger partial charge is 0.283 e. The number of halogens is 1. The second kappa shape index (κ2) is 8.53. The van der Waals surface area contributed by atoms with Gasteiger partial charge in [-0.25, -0.2) is 4.90 Å². The van der Waals surface area contributed by atoms with Crippen molar-refractivity contribution in [2.45, 2.75) is 13.8 Å². The summed E-state index contributed by atoms with van der Waals surface area (Å²) < 4.78 is 5.29. The highest BCUT2D eigenvalue weighted by molar-refractivity contribution is 6.53. The predicted molar refractivity (Wildman–Crippen MR) is 118 cm³/mol. The maximum absolute atomic E-state index is 13.1. The van der Waals surface area contributed by atoms with Gasteiger partial charge in [0.05, 0.1) is 18.9 Å². The molecular weight excluding hydrogens is 418 g/mol. The van der Waals surface area contributed by atoms with Crippen LogP contribution in [0.3, 0.4) is 0 Å². The van der Waals surface area contributed by atoms with Crippen LogP contribution in [0.5, 0.6) is 0 Å². The van der Waals surface area contributed by atoms with Crippen LogP contribution in [0.2, 0.25) is 0 Å². The van der Waals surface area contributed by atoms with E-state index in [4.69, 9.17) is 16.3 Å². The summed E-state index contributed by atoms with van der Waals surface area (Å²) in [7, 11) is 0. The molecule has 0 saturated carbocycles. The minimum Gasteiger partial charge on any atom is -0.378 e. The summed E-state index contributed by atoms with van der Waals surface area (Å²) in [6.07, 6.45) is 0. The second-order valence-corrected chi connectivity index (χ2v) is 7.91. The molecule has 8 heteroatoms. The third-order valence-corrected chi connectivity index (χ3v) is 5.66. The molecule has 31 heavy (non-hydrogen) atoms. The third-order valence-electron chi connectivity index (χ3n) is 5.31. The van der Waals surface area contributed by atoms with Crippen molar-refractivity contribution >= 4 is 40.7 Å². The Kier molecular flexibility index (Phi) is 5.80. The predicted octanol–water partition coefficient (Wildman–Crippen LogP) is 3.21. The van der Waals surface area contributed by atoms with Crippen molar-refractivity contribution in [3.8, 4) is 0 Å². The molecule has 1 fully saturated rings. The fourth-order valence-electron chi connectivity index (χ4n) is 3.61. The van der Waals surface area contributed by atoms with Gasteiger partial charge in [-0.3, -0.25) is 14.4 Å². The summed E-state index contributed by atoms with van der Waals surface area (Å²) in [6, 6.07) is 12.3. The minimum atomic E-state index is -0.580. The molecule has 0 radical (unpaired) electrons. The average Bonchev–Trinajstić information content (AvgIpc) is 2.99. The van der Waals surface area contributed by atoms with Crippen molar-refractivity contribution in [1.29, 1.82) is 0 Å². The fraction of sp³-hybridized carbons (Fsp3) is 0.261. The number of morpholine rings is 1. The molecule has 0 atom stereocenters. The van der Waals surface area contributed by atoms with Crippen molar-refractivity contribution in [1.82, 2.24) is 4.90 Å². The van der Waals surface area contributed by atoms with Gasteiger partial charge in [0, 0.05) is 24.3 Å². The zero-order valence-electron chi connectivity index (χ0n) is 17.3. The lowest BCUT2D eigenvalue weighted by Crippen LogP contribution is -2.40. The Morgan fingerprint density at radius 3 is 2.52 bits per heavy atom. The molecule has 0 aromatic heterocycles. The molecule has 0 unspecified atom stereocenters. The number of anilines is 2. The summed E-state index contributed by atoms with van der Waals surface area (Å²) in [5.41, 5.74) is 3.18. The van der Waals surface area contributed by atoms with Gasteiger partial charge in [-0.1, -0.05) is 29.8 Å². The van der Waals surface area contributed by atoms with Crippen LogP contribution in [-0.2, 0) is 14.3 Å². The van der Waals surface area contributed by atoms with E-state index in [2.05, 4.69) is 5.32 Å². The van der Waals surface area contributed by atoms with Gasteiger partial charge < -0.3 is 15.0 Å². The summed E-state index contributed by atoms with van der Waals surface area (Å²) in [5, 5.41) is 2.76. The first-order chi connectivity index (χ1) is 14.9. The van der Waals surface area contributed by atoms with Crippen LogP contribution < -0.4 is 10.2 Å². The SMILES string of the molecule is Cc1ccc(C)c(N2C(=O)C(Cl)=C(Nc3cccc(C(=O)N4CCOCC4)c3)C2=O)c1. The summed E-state index contributed by atoms with van der Waals surface area (Å²) in [4.78, 5) is 41.4. The van der Waals surface area contributed by atoms with Crippen LogP contribution in [0.4, 0.5) is 11.4 Å². The maximum atomic E-state index is 13.1. The van der Waals surface area contributed by atoms with Crippen LogP contribution in [0.1, 0.15) is 21.5 Å². The highest BCUT2D eigenvalue weighted by Gasteiger charge is 2.39. The number of benzene rings is 2. The Balaban J connectivity index is 1.58. The Bertz CT molecular complexity index is 1110. The van der Waals surface area contributed by atoms with E-state index in [1.807, 2.05) is 26.0 Å². The van der Waals surface area contributed by atoms with E-state index in [9.17, 15) is 14.4 Å². The van der Waals surface area contributed by atoms with Crippen LogP contribution in [0.25, 0.3) is 0 Å². The fourth-order valence-corrected chi connectivity index (χ4v) is 3.83. The van der Waals surface area contributed by atoms with Gasteiger partial charge >= 0.3 is 0 Å². The van der Waals surface area contributed by atoms with Crippen molar-refractivity contribution in [2.75, 3.05) is 36.5 Å². The number of hydrogen-bond acceptors (Lipinski definition) is 5. The van der Waals surface area contributed by atoms with Crippen LogP contribution >= 0.6 is 11.6 Å². The Morgan fingerprint density at radius 2 is 1.77 bits per heavy atom. The molecule has 2 aliphatic heterocycles. The number of hydrogen-bond donors (Lipinski definition) is 1. The monoisotopic (exact) mass is 439 g/mol. The van der Waals surface area contributed by atoms with Crippen molar-refractivity contribution < 1.29 is 19.1 Å². The van der Waals surface area contributed by atoms with E-state index < -0.39 is 11.8 Å². The number of imide groups is 1. The van der Waals surface area contributed by atoms with Crippen LogP contribution in [-0.4, -0.2) is 48.9 Å². The number of rotatable bonds is 4. The van der Waals surface area contributed by atoms with Crippen molar-refractivity contribution in [2.24, 2.45) is 0 Å². The molecule has 2 aromatic carbocycles. The van der Waals surface area contributed by atoms with E-state index in [1.165, 1.54) is 0 Å². The van der Waals surface area contributed by atoms with Crippen LogP contribution in [0, 0.1) is 13.8 Å². The zero-order chi connectivity index (χ0) is 22.1. The first kappa shape index (κ1) is 21.1. The van der Waals surface area contributed by atoms with E-state index in [-0.39, 0.29) is 16.6 Å². The number of carbonyl (C=O) groups is 3. The van der Waals surface area contributed by atoms with Gasteiger partial charge in [-0.15, -0.1) is 0 Å². The Labute approximate surface area is 185 Å². The van der Waals surface area contributed by atoms with E-state index in [0.29, 0.717) is 43.2 Å². The number of ether oxygens (including phenoxy) is 1. The lowest BCUT2D eigenvalue weighted by molar-refractivity contribution is -0.120. The molecule has 0 bridgehead atoms.